The molecule has 0 aliphatic carbocycles. The van der Waals surface area contributed by atoms with Gasteiger partial charge in [-0.2, -0.15) is 0 Å². The number of halogens is 2. The molecule has 2 nitrogen and oxygen atoms in total. The van der Waals surface area contributed by atoms with Gasteiger partial charge in [-0.3, -0.25) is 0 Å². The maximum absolute atomic E-state index is 13.2. The predicted octanol–water partition coefficient (Wildman–Crippen LogP) is 3.53. The zero-order chi connectivity index (χ0) is 13.0. The molecule has 0 saturated carbocycles. The van der Waals surface area contributed by atoms with Crippen molar-refractivity contribution >= 4 is 23.4 Å². The summed E-state index contributed by atoms with van der Waals surface area (Å²) in [5, 5.41) is 1.30. The number of rotatable bonds is 4. The molecule has 0 saturated heterocycles. The first-order chi connectivity index (χ1) is 8.70. The van der Waals surface area contributed by atoms with Crippen LogP contribution < -0.4 is 5.73 Å². The number of hydrogen-bond acceptors (Lipinski definition) is 3. The molecule has 5 heteroatoms. The van der Waals surface area contributed by atoms with Crippen LogP contribution >= 0.6 is 23.4 Å². The Bertz CT molecular complexity index is 548. The van der Waals surface area contributed by atoms with Crippen molar-refractivity contribution in [1.82, 2.24) is 4.98 Å². The molecular formula is C13H12ClFN2S. The zero-order valence-electron chi connectivity index (χ0n) is 9.57. The zero-order valence-corrected chi connectivity index (χ0v) is 11.1. The Morgan fingerprint density at radius 2 is 2.17 bits per heavy atom. The number of hydrogen-bond donors (Lipinski definition) is 1. The molecule has 0 fully saturated rings. The lowest BCUT2D eigenvalue weighted by molar-refractivity contribution is 0.623. The van der Waals surface area contributed by atoms with E-state index in [9.17, 15) is 4.39 Å². The van der Waals surface area contributed by atoms with Crippen molar-refractivity contribution < 1.29 is 4.39 Å². The molecule has 2 N–H and O–H groups in total. The van der Waals surface area contributed by atoms with E-state index >= 15 is 0 Å². The lowest BCUT2D eigenvalue weighted by atomic mass is 10.1. The van der Waals surface area contributed by atoms with Crippen molar-refractivity contribution in [3.05, 3.63) is 52.9 Å². The van der Waals surface area contributed by atoms with Crippen molar-refractivity contribution in [3.8, 4) is 0 Å². The van der Waals surface area contributed by atoms with E-state index in [1.165, 1.54) is 23.9 Å². The van der Waals surface area contributed by atoms with Gasteiger partial charge in [0.1, 0.15) is 10.8 Å². The van der Waals surface area contributed by atoms with Gasteiger partial charge >= 0.3 is 0 Å². The fraction of sp³-hybridized carbons (Fsp3) is 0.154. The van der Waals surface area contributed by atoms with Gasteiger partial charge in [-0.05, 0) is 48.9 Å². The molecule has 2 aromatic rings. The van der Waals surface area contributed by atoms with Crippen LogP contribution in [-0.4, -0.2) is 11.5 Å². The van der Waals surface area contributed by atoms with E-state index in [1.807, 2.05) is 0 Å². The number of aromatic nitrogens is 1. The number of pyridine rings is 1. The minimum atomic E-state index is -0.255. The van der Waals surface area contributed by atoms with Crippen LogP contribution in [-0.2, 0) is 6.42 Å². The minimum Gasteiger partial charge on any atom is -0.330 e. The van der Waals surface area contributed by atoms with Crippen LogP contribution in [0.1, 0.15) is 5.56 Å². The smallest absolute Gasteiger partial charge is 0.123 e. The Hall–Kier alpha value is -1.10. The fourth-order valence-corrected chi connectivity index (χ4v) is 2.70. The Morgan fingerprint density at radius 3 is 2.89 bits per heavy atom. The molecule has 0 spiro atoms. The molecule has 1 aromatic carbocycles. The normalized spacial score (nSPS) is 10.6. The van der Waals surface area contributed by atoms with Gasteiger partial charge in [0.05, 0.1) is 5.02 Å². The van der Waals surface area contributed by atoms with E-state index in [1.54, 1.807) is 24.4 Å². The minimum absolute atomic E-state index is 0.255. The third-order valence-electron chi connectivity index (χ3n) is 2.37. The van der Waals surface area contributed by atoms with Crippen molar-refractivity contribution in [1.29, 1.82) is 0 Å². The molecule has 2 rings (SSSR count). The van der Waals surface area contributed by atoms with Crippen LogP contribution in [0.15, 0.2) is 46.5 Å². The molecule has 0 aliphatic heterocycles. The number of benzene rings is 1. The molecule has 0 bridgehead atoms. The summed E-state index contributed by atoms with van der Waals surface area (Å²) in [5.74, 6) is -0.255. The van der Waals surface area contributed by atoms with Crippen LogP contribution in [0.25, 0.3) is 0 Å². The molecule has 0 unspecified atom stereocenters. The summed E-state index contributed by atoms with van der Waals surface area (Å²) >= 11 is 7.48. The molecule has 0 atom stereocenters. The highest BCUT2D eigenvalue weighted by Gasteiger charge is 2.08. The standard InChI is InChI=1S/C13H12ClFN2S/c14-11-2-1-7-17-13(11)18-12-4-3-10(15)8-9(12)5-6-16/h1-4,7-8H,5-6,16H2. The highest BCUT2D eigenvalue weighted by Crippen LogP contribution is 2.33. The summed E-state index contributed by atoms with van der Waals surface area (Å²) in [6, 6.07) is 8.22. The van der Waals surface area contributed by atoms with Gasteiger partial charge in [0.25, 0.3) is 0 Å². The SMILES string of the molecule is NCCc1cc(F)ccc1Sc1ncccc1Cl. The van der Waals surface area contributed by atoms with E-state index < -0.39 is 0 Å². The van der Waals surface area contributed by atoms with E-state index in [0.29, 0.717) is 23.0 Å². The second-order valence-corrected chi connectivity index (χ2v) is 5.12. The Morgan fingerprint density at radius 1 is 1.33 bits per heavy atom. The van der Waals surface area contributed by atoms with E-state index in [-0.39, 0.29) is 5.82 Å². The Kier molecular flexibility index (Phi) is 4.58. The van der Waals surface area contributed by atoms with Gasteiger partial charge in [0, 0.05) is 11.1 Å². The molecule has 0 amide bonds. The highest BCUT2D eigenvalue weighted by molar-refractivity contribution is 7.99. The van der Waals surface area contributed by atoms with Crippen LogP contribution in [0.5, 0.6) is 0 Å². The quantitative estimate of drug-likeness (QED) is 0.932. The average molecular weight is 283 g/mol. The van der Waals surface area contributed by atoms with E-state index in [4.69, 9.17) is 17.3 Å². The second kappa shape index (κ2) is 6.18. The summed E-state index contributed by atoms with van der Waals surface area (Å²) in [4.78, 5) is 5.14. The number of nitrogens with zero attached hydrogens (tertiary/aromatic N) is 1. The first-order valence-corrected chi connectivity index (χ1v) is 6.67. The average Bonchev–Trinajstić information content (AvgIpc) is 2.35. The fourth-order valence-electron chi connectivity index (χ4n) is 1.55. The molecule has 0 radical (unpaired) electrons. The van der Waals surface area contributed by atoms with Crippen molar-refractivity contribution in [2.75, 3.05) is 6.54 Å². The summed E-state index contributed by atoms with van der Waals surface area (Å²) in [6.07, 6.45) is 2.31. The lowest BCUT2D eigenvalue weighted by Gasteiger charge is -2.08. The molecule has 18 heavy (non-hydrogen) atoms. The van der Waals surface area contributed by atoms with Gasteiger partial charge in [0.15, 0.2) is 0 Å². The van der Waals surface area contributed by atoms with Crippen LogP contribution in [0.3, 0.4) is 0 Å². The first kappa shape index (κ1) is 13.3. The highest BCUT2D eigenvalue weighted by atomic mass is 35.5. The van der Waals surface area contributed by atoms with Crippen molar-refractivity contribution in [2.45, 2.75) is 16.3 Å². The topological polar surface area (TPSA) is 38.9 Å². The summed E-state index contributed by atoms with van der Waals surface area (Å²) in [5.41, 5.74) is 6.41. The predicted molar refractivity (Wildman–Crippen MR) is 72.5 cm³/mol. The van der Waals surface area contributed by atoms with Gasteiger partial charge in [-0.1, -0.05) is 23.4 Å². The molecule has 1 heterocycles. The first-order valence-electron chi connectivity index (χ1n) is 5.47. The Labute approximate surface area is 114 Å². The van der Waals surface area contributed by atoms with Crippen LogP contribution in [0.2, 0.25) is 5.02 Å². The van der Waals surface area contributed by atoms with E-state index in [0.717, 1.165) is 10.5 Å². The largest absolute Gasteiger partial charge is 0.330 e. The Balaban J connectivity index is 2.31. The van der Waals surface area contributed by atoms with Gasteiger partial charge < -0.3 is 5.73 Å². The molecule has 0 aliphatic rings. The third kappa shape index (κ3) is 3.22. The van der Waals surface area contributed by atoms with Crippen molar-refractivity contribution in [2.24, 2.45) is 5.73 Å². The van der Waals surface area contributed by atoms with E-state index in [2.05, 4.69) is 4.98 Å². The maximum Gasteiger partial charge on any atom is 0.123 e. The van der Waals surface area contributed by atoms with Crippen LogP contribution in [0, 0.1) is 5.82 Å². The summed E-state index contributed by atoms with van der Waals surface area (Å²) in [7, 11) is 0. The lowest BCUT2D eigenvalue weighted by Crippen LogP contribution is -2.04. The summed E-state index contributed by atoms with van der Waals surface area (Å²) < 4.78 is 13.2. The molecular weight excluding hydrogens is 271 g/mol. The van der Waals surface area contributed by atoms with Crippen LogP contribution in [0.4, 0.5) is 4.39 Å². The third-order valence-corrected chi connectivity index (χ3v) is 3.92. The van der Waals surface area contributed by atoms with Crippen molar-refractivity contribution in [3.63, 3.8) is 0 Å². The molecule has 94 valence electrons. The van der Waals surface area contributed by atoms with Gasteiger partial charge in [-0.25, -0.2) is 9.37 Å². The van der Waals surface area contributed by atoms with Gasteiger partial charge in [0.2, 0.25) is 0 Å². The van der Waals surface area contributed by atoms with Gasteiger partial charge in [-0.15, -0.1) is 0 Å². The maximum atomic E-state index is 13.2. The number of nitrogens with two attached hydrogens (primary N) is 1. The second-order valence-electron chi connectivity index (χ2n) is 3.68. The molecule has 1 aromatic heterocycles. The summed E-state index contributed by atoms with van der Waals surface area (Å²) in [6.45, 7) is 0.479. The monoisotopic (exact) mass is 282 g/mol.